The molecular formula is C27H32N2O5. The van der Waals surface area contributed by atoms with Crippen LogP contribution in [0.4, 0.5) is 4.79 Å². The molecule has 7 heteroatoms. The van der Waals surface area contributed by atoms with E-state index < -0.39 is 12.1 Å². The number of carbonyl (C=O) groups excluding carboxylic acids is 2. The summed E-state index contributed by atoms with van der Waals surface area (Å²) in [7, 11) is 0. The summed E-state index contributed by atoms with van der Waals surface area (Å²) < 4.78 is 5.65. The molecule has 0 aromatic heterocycles. The van der Waals surface area contributed by atoms with Gasteiger partial charge in [-0.3, -0.25) is 9.59 Å². The third kappa shape index (κ3) is 5.41. The molecular weight excluding hydrogens is 432 g/mol. The summed E-state index contributed by atoms with van der Waals surface area (Å²) in [6.45, 7) is 3.24. The number of likely N-dealkylation sites (tertiary alicyclic amines) is 1. The zero-order valence-electron chi connectivity index (χ0n) is 19.5. The lowest BCUT2D eigenvalue weighted by Crippen LogP contribution is -2.52. The molecule has 4 rings (SSSR count). The third-order valence-electron chi connectivity index (χ3n) is 6.77. The molecule has 1 aliphatic heterocycles. The molecule has 1 aliphatic carbocycles. The lowest BCUT2D eigenvalue weighted by molar-refractivity contribution is -0.145. The topological polar surface area (TPSA) is 95.9 Å². The molecule has 2 amide bonds. The molecule has 2 aromatic carbocycles. The van der Waals surface area contributed by atoms with Crippen LogP contribution in [0.5, 0.6) is 0 Å². The molecule has 1 fully saturated rings. The molecule has 1 unspecified atom stereocenters. The van der Waals surface area contributed by atoms with Crippen LogP contribution in [0.1, 0.15) is 56.1 Å². The van der Waals surface area contributed by atoms with Crippen LogP contribution in [0.3, 0.4) is 0 Å². The Labute approximate surface area is 200 Å². The summed E-state index contributed by atoms with van der Waals surface area (Å²) in [6, 6.07) is 16.1. The Kier molecular flexibility index (Phi) is 7.50. The molecule has 0 bridgehead atoms. The minimum Gasteiger partial charge on any atom is -0.481 e. The zero-order chi connectivity index (χ0) is 24.1. The van der Waals surface area contributed by atoms with Crippen molar-refractivity contribution in [1.29, 1.82) is 0 Å². The van der Waals surface area contributed by atoms with Crippen LogP contribution in [-0.4, -0.2) is 53.7 Å². The van der Waals surface area contributed by atoms with Crippen LogP contribution in [-0.2, 0) is 14.3 Å². The first-order chi connectivity index (χ1) is 16.5. The van der Waals surface area contributed by atoms with Crippen LogP contribution in [0, 0.1) is 5.92 Å². The number of nitrogens with one attached hydrogen (secondary N) is 1. The van der Waals surface area contributed by atoms with Crippen LogP contribution < -0.4 is 5.32 Å². The van der Waals surface area contributed by atoms with Gasteiger partial charge in [-0.1, -0.05) is 68.3 Å². The van der Waals surface area contributed by atoms with Crippen molar-refractivity contribution in [3.63, 3.8) is 0 Å². The molecule has 180 valence electrons. The maximum atomic E-state index is 12.7. The van der Waals surface area contributed by atoms with Gasteiger partial charge in [0.1, 0.15) is 6.61 Å². The Bertz CT molecular complexity index is 1000. The van der Waals surface area contributed by atoms with Crippen molar-refractivity contribution >= 4 is 18.0 Å². The van der Waals surface area contributed by atoms with Crippen molar-refractivity contribution in [2.24, 2.45) is 5.92 Å². The number of amides is 2. The number of ether oxygens (including phenoxy) is 1. The van der Waals surface area contributed by atoms with Crippen molar-refractivity contribution in [2.45, 2.75) is 51.0 Å². The van der Waals surface area contributed by atoms with E-state index in [0.717, 1.165) is 24.0 Å². The first-order valence-electron chi connectivity index (χ1n) is 12.1. The summed E-state index contributed by atoms with van der Waals surface area (Å²) in [6.07, 6.45) is 2.32. The fourth-order valence-corrected chi connectivity index (χ4v) is 4.97. The SMILES string of the molecule is CCCCC(CC(=O)N1CC(CC(=O)O)C1)NC(=O)OCC1c2ccccc2-c2ccccc21. The third-order valence-corrected chi connectivity index (χ3v) is 6.77. The highest BCUT2D eigenvalue weighted by Crippen LogP contribution is 2.44. The number of alkyl carbamates (subject to hydrolysis) is 1. The lowest BCUT2D eigenvalue weighted by Gasteiger charge is -2.39. The maximum Gasteiger partial charge on any atom is 0.407 e. The van der Waals surface area contributed by atoms with Crippen molar-refractivity contribution in [3.05, 3.63) is 59.7 Å². The largest absolute Gasteiger partial charge is 0.481 e. The van der Waals surface area contributed by atoms with E-state index in [0.29, 0.717) is 19.5 Å². The second-order valence-electron chi connectivity index (χ2n) is 9.28. The van der Waals surface area contributed by atoms with Crippen molar-refractivity contribution in [2.75, 3.05) is 19.7 Å². The summed E-state index contributed by atoms with van der Waals surface area (Å²) in [4.78, 5) is 37.8. The monoisotopic (exact) mass is 464 g/mol. The minimum absolute atomic E-state index is 0.0128. The first kappa shape index (κ1) is 23.8. The zero-order valence-corrected chi connectivity index (χ0v) is 19.5. The summed E-state index contributed by atoms with van der Waals surface area (Å²) in [5, 5.41) is 11.8. The summed E-state index contributed by atoms with van der Waals surface area (Å²) >= 11 is 0. The van der Waals surface area contributed by atoms with Gasteiger partial charge in [0.15, 0.2) is 0 Å². The molecule has 7 nitrogen and oxygen atoms in total. The van der Waals surface area contributed by atoms with Gasteiger partial charge in [-0.2, -0.15) is 0 Å². The fraction of sp³-hybridized carbons (Fsp3) is 0.444. The number of hydrogen-bond donors (Lipinski definition) is 2. The van der Waals surface area contributed by atoms with Crippen LogP contribution in [0.25, 0.3) is 11.1 Å². The number of aliphatic carboxylic acids is 1. The van der Waals surface area contributed by atoms with E-state index in [2.05, 4.69) is 36.5 Å². The summed E-state index contributed by atoms with van der Waals surface area (Å²) in [5.74, 6) is -0.886. The predicted octanol–water partition coefficient (Wildman–Crippen LogP) is 4.41. The Morgan fingerprint density at radius 2 is 1.68 bits per heavy atom. The normalized spacial score (nSPS) is 15.7. The molecule has 1 atom stereocenters. The quantitative estimate of drug-likeness (QED) is 0.543. The van der Waals surface area contributed by atoms with Gasteiger partial charge >= 0.3 is 12.1 Å². The standard InChI is InChI=1S/C27H32N2O5/c1-2-3-8-19(14-25(30)29-15-18(16-29)13-26(31)32)28-27(33)34-17-24-22-11-6-4-9-20(22)21-10-5-7-12-23(21)24/h4-7,9-12,18-19,24H,2-3,8,13-17H2,1H3,(H,28,33)(H,31,32). The number of carboxylic acid groups (broad SMARTS) is 1. The second-order valence-corrected chi connectivity index (χ2v) is 9.28. The number of rotatable bonds is 10. The highest BCUT2D eigenvalue weighted by molar-refractivity contribution is 5.80. The Hall–Kier alpha value is -3.35. The lowest BCUT2D eigenvalue weighted by atomic mass is 9.95. The van der Waals surface area contributed by atoms with Crippen molar-refractivity contribution < 1.29 is 24.2 Å². The molecule has 1 saturated heterocycles. The Morgan fingerprint density at radius 3 is 2.26 bits per heavy atom. The average molecular weight is 465 g/mol. The molecule has 34 heavy (non-hydrogen) atoms. The molecule has 2 N–H and O–H groups in total. The van der Waals surface area contributed by atoms with Crippen LogP contribution in [0.15, 0.2) is 48.5 Å². The van der Waals surface area contributed by atoms with Crippen molar-refractivity contribution in [3.8, 4) is 11.1 Å². The van der Waals surface area contributed by atoms with E-state index in [1.165, 1.54) is 11.1 Å². The molecule has 0 spiro atoms. The highest BCUT2D eigenvalue weighted by Gasteiger charge is 2.33. The van der Waals surface area contributed by atoms with Crippen LogP contribution in [0.2, 0.25) is 0 Å². The number of carboxylic acids is 1. The van der Waals surface area contributed by atoms with E-state index in [9.17, 15) is 14.4 Å². The second kappa shape index (κ2) is 10.7. The number of unbranched alkanes of at least 4 members (excludes halogenated alkanes) is 1. The molecule has 1 heterocycles. The van der Waals surface area contributed by atoms with Gasteiger partial charge in [0.25, 0.3) is 0 Å². The van der Waals surface area contributed by atoms with E-state index in [1.807, 2.05) is 24.3 Å². The van der Waals surface area contributed by atoms with E-state index in [-0.39, 0.29) is 43.2 Å². The average Bonchev–Trinajstić information content (AvgIpc) is 3.11. The molecule has 0 radical (unpaired) electrons. The number of nitrogens with zero attached hydrogens (tertiary/aromatic N) is 1. The fourth-order valence-electron chi connectivity index (χ4n) is 4.97. The number of carbonyl (C=O) groups is 3. The molecule has 2 aromatic rings. The smallest absolute Gasteiger partial charge is 0.407 e. The van der Waals surface area contributed by atoms with Gasteiger partial charge in [0.05, 0.1) is 6.42 Å². The summed E-state index contributed by atoms with van der Waals surface area (Å²) in [5.41, 5.74) is 4.66. The first-order valence-corrected chi connectivity index (χ1v) is 12.1. The van der Waals surface area contributed by atoms with Gasteiger partial charge in [0, 0.05) is 37.4 Å². The number of hydrogen-bond acceptors (Lipinski definition) is 4. The minimum atomic E-state index is -0.838. The van der Waals surface area contributed by atoms with Crippen LogP contribution >= 0.6 is 0 Å². The number of benzene rings is 2. The molecule has 0 saturated carbocycles. The highest BCUT2D eigenvalue weighted by atomic mass is 16.5. The van der Waals surface area contributed by atoms with E-state index >= 15 is 0 Å². The van der Waals surface area contributed by atoms with Gasteiger partial charge in [0.2, 0.25) is 5.91 Å². The van der Waals surface area contributed by atoms with Gasteiger partial charge in [-0.05, 0) is 28.7 Å². The van der Waals surface area contributed by atoms with Crippen molar-refractivity contribution in [1.82, 2.24) is 10.2 Å². The number of fused-ring (bicyclic) bond motifs is 3. The predicted molar refractivity (Wildman–Crippen MR) is 128 cm³/mol. The van der Waals surface area contributed by atoms with E-state index in [1.54, 1.807) is 4.90 Å². The Balaban J connectivity index is 1.32. The maximum absolute atomic E-state index is 12.7. The van der Waals surface area contributed by atoms with Gasteiger partial charge in [-0.25, -0.2) is 4.79 Å². The molecule has 2 aliphatic rings. The van der Waals surface area contributed by atoms with Gasteiger partial charge in [-0.15, -0.1) is 0 Å². The van der Waals surface area contributed by atoms with Gasteiger partial charge < -0.3 is 20.1 Å². The Morgan fingerprint density at radius 1 is 1.06 bits per heavy atom. The van der Waals surface area contributed by atoms with E-state index in [4.69, 9.17) is 9.84 Å².